The molecule has 8 heteroatoms. The van der Waals surface area contributed by atoms with Crippen LogP contribution in [0.4, 0.5) is 8.78 Å². The number of benzene rings is 1. The molecule has 3 rings (SSSR count). The molecule has 1 fully saturated rings. The minimum Gasteiger partial charge on any atom is -0.476 e. The Bertz CT molecular complexity index is 793. The van der Waals surface area contributed by atoms with Crippen LogP contribution in [0.1, 0.15) is 33.4 Å². The fourth-order valence-electron chi connectivity index (χ4n) is 2.58. The van der Waals surface area contributed by atoms with Gasteiger partial charge in [-0.3, -0.25) is 4.79 Å². The molecule has 1 heterocycles. The van der Waals surface area contributed by atoms with E-state index in [0.29, 0.717) is 24.4 Å². The first-order chi connectivity index (χ1) is 11.5. The molecule has 0 bridgehead atoms. The number of hydrogen-bond donors (Lipinski definition) is 2. The predicted octanol–water partition coefficient (Wildman–Crippen LogP) is 2.58. The summed E-state index contributed by atoms with van der Waals surface area (Å²) in [6.07, 6.45) is 0.919. The standard InChI is InChI=1S/C16H14F2N2O3S/c17-11-3-1-2-8(14(11)18)9-6-10(9)15(21)19-5-4-13-20-12(7-24-13)16(22)23/h1-3,7,9-10H,4-6H2,(H,19,21)(H,22,23). The molecule has 2 atom stereocenters. The van der Waals surface area contributed by atoms with Gasteiger partial charge >= 0.3 is 5.97 Å². The Hall–Kier alpha value is -2.35. The number of carbonyl (C=O) groups excluding carboxylic acids is 1. The van der Waals surface area contributed by atoms with Crippen LogP contribution >= 0.6 is 11.3 Å². The smallest absolute Gasteiger partial charge is 0.355 e. The van der Waals surface area contributed by atoms with Crippen molar-refractivity contribution in [1.82, 2.24) is 10.3 Å². The normalized spacial score (nSPS) is 19.1. The summed E-state index contributed by atoms with van der Waals surface area (Å²) in [7, 11) is 0. The number of carboxylic acid groups (broad SMARTS) is 1. The number of nitrogens with zero attached hydrogens (tertiary/aromatic N) is 1. The number of amides is 1. The summed E-state index contributed by atoms with van der Waals surface area (Å²) >= 11 is 1.22. The van der Waals surface area contributed by atoms with Crippen LogP contribution in [0, 0.1) is 17.6 Å². The molecule has 1 aromatic carbocycles. The molecule has 126 valence electrons. The van der Waals surface area contributed by atoms with Gasteiger partial charge in [-0.15, -0.1) is 11.3 Å². The molecule has 1 saturated carbocycles. The van der Waals surface area contributed by atoms with Gasteiger partial charge in [0.05, 0.1) is 5.01 Å². The lowest BCUT2D eigenvalue weighted by Gasteiger charge is -2.05. The first-order valence-corrected chi connectivity index (χ1v) is 8.24. The number of rotatable bonds is 6. The van der Waals surface area contributed by atoms with Gasteiger partial charge in [0.15, 0.2) is 17.3 Å². The molecule has 24 heavy (non-hydrogen) atoms. The molecule has 2 N–H and O–H groups in total. The van der Waals surface area contributed by atoms with E-state index in [0.717, 1.165) is 6.07 Å². The Labute approximate surface area is 140 Å². The van der Waals surface area contributed by atoms with Gasteiger partial charge in [-0.1, -0.05) is 12.1 Å². The number of carbonyl (C=O) groups is 2. The van der Waals surface area contributed by atoms with E-state index in [-0.39, 0.29) is 29.0 Å². The van der Waals surface area contributed by atoms with Crippen LogP contribution in [0.15, 0.2) is 23.6 Å². The van der Waals surface area contributed by atoms with Crippen molar-refractivity contribution in [3.05, 3.63) is 51.5 Å². The molecule has 1 aromatic heterocycles. The highest BCUT2D eigenvalue weighted by Crippen LogP contribution is 2.48. The van der Waals surface area contributed by atoms with Crippen molar-refractivity contribution in [3.8, 4) is 0 Å². The van der Waals surface area contributed by atoms with Crippen LogP contribution in [0.3, 0.4) is 0 Å². The molecular weight excluding hydrogens is 338 g/mol. The molecule has 2 unspecified atom stereocenters. The maximum absolute atomic E-state index is 13.7. The monoisotopic (exact) mass is 352 g/mol. The number of aromatic nitrogens is 1. The van der Waals surface area contributed by atoms with Crippen LogP contribution < -0.4 is 5.32 Å². The molecule has 0 saturated heterocycles. The van der Waals surface area contributed by atoms with Gasteiger partial charge in [0.2, 0.25) is 5.91 Å². The second-order valence-corrected chi connectivity index (χ2v) is 6.51. The molecule has 0 radical (unpaired) electrons. The van der Waals surface area contributed by atoms with E-state index in [2.05, 4.69) is 10.3 Å². The van der Waals surface area contributed by atoms with Crippen LogP contribution in [-0.4, -0.2) is 28.5 Å². The average molecular weight is 352 g/mol. The SMILES string of the molecule is O=C(O)c1csc(CCNC(=O)C2CC2c2cccc(F)c2F)n1. The van der Waals surface area contributed by atoms with Gasteiger partial charge < -0.3 is 10.4 Å². The zero-order valence-electron chi connectivity index (χ0n) is 12.5. The highest BCUT2D eigenvalue weighted by molar-refractivity contribution is 7.09. The number of aromatic carboxylic acids is 1. The van der Waals surface area contributed by atoms with E-state index < -0.39 is 17.6 Å². The van der Waals surface area contributed by atoms with E-state index in [9.17, 15) is 18.4 Å². The van der Waals surface area contributed by atoms with Crippen molar-refractivity contribution in [2.24, 2.45) is 5.92 Å². The fourth-order valence-corrected chi connectivity index (χ4v) is 3.36. The van der Waals surface area contributed by atoms with Crippen molar-refractivity contribution in [1.29, 1.82) is 0 Å². The molecular formula is C16H14F2N2O3S. The van der Waals surface area contributed by atoms with Crippen molar-refractivity contribution >= 4 is 23.2 Å². The van der Waals surface area contributed by atoms with Crippen molar-refractivity contribution in [3.63, 3.8) is 0 Å². The minimum absolute atomic E-state index is 0.00911. The Morgan fingerprint density at radius 1 is 1.38 bits per heavy atom. The second kappa shape index (κ2) is 6.64. The number of thiazole rings is 1. The van der Waals surface area contributed by atoms with E-state index >= 15 is 0 Å². The first-order valence-electron chi connectivity index (χ1n) is 7.36. The summed E-state index contributed by atoms with van der Waals surface area (Å²) < 4.78 is 26.9. The summed E-state index contributed by atoms with van der Waals surface area (Å²) in [5.74, 6) is -3.73. The maximum Gasteiger partial charge on any atom is 0.355 e. The minimum atomic E-state index is -1.08. The Balaban J connectivity index is 1.50. The highest BCUT2D eigenvalue weighted by Gasteiger charge is 2.45. The Morgan fingerprint density at radius 2 is 2.17 bits per heavy atom. The van der Waals surface area contributed by atoms with E-state index in [4.69, 9.17) is 5.11 Å². The summed E-state index contributed by atoms with van der Waals surface area (Å²) in [6.45, 7) is 0.320. The van der Waals surface area contributed by atoms with Gasteiger partial charge in [-0.25, -0.2) is 18.6 Å². The highest BCUT2D eigenvalue weighted by atomic mass is 32.1. The molecule has 1 aliphatic carbocycles. The topological polar surface area (TPSA) is 79.3 Å². The maximum atomic E-state index is 13.7. The molecule has 2 aromatic rings. The molecule has 1 aliphatic rings. The van der Waals surface area contributed by atoms with Gasteiger partial charge in [-0.2, -0.15) is 0 Å². The third-order valence-electron chi connectivity index (χ3n) is 3.92. The quantitative estimate of drug-likeness (QED) is 0.837. The fraction of sp³-hybridized carbons (Fsp3) is 0.312. The van der Waals surface area contributed by atoms with Gasteiger partial charge in [0.1, 0.15) is 0 Å². The number of nitrogens with one attached hydrogen (secondary N) is 1. The van der Waals surface area contributed by atoms with Crippen LogP contribution in [0.2, 0.25) is 0 Å². The lowest BCUT2D eigenvalue weighted by atomic mass is 10.1. The summed E-state index contributed by atoms with van der Waals surface area (Å²) in [5.41, 5.74) is 0.228. The number of carboxylic acids is 1. The summed E-state index contributed by atoms with van der Waals surface area (Å²) in [6, 6.07) is 3.98. The summed E-state index contributed by atoms with van der Waals surface area (Å²) in [4.78, 5) is 26.7. The van der Waals surface area contributed by atoms with Gasteiger partial charge in [0.25, 0.3) is 0 Å². The molecule has 0 aliphatic heterocycles. The molecule has 0 spiro atoms. The van der Waals surface area contributed by atoms with Crippen LogP contribution in [0.5, 0.6) is 0 Å². The third kappa shape index (κ3) is 3.43. The van der Waals surface area contributed by atoms with Gasteiger partial charge in [-0.05, 0) is 24.0 Å². The lowest BCUT2D eigenvalue weighted by Crippen LogP contribution is -2.27. The second-order valence-electron chi connectivity index (χ2n) is 5.56. The van der Waals surface area contributed by atoms with Crippen molar-refractivity contribution in [2.75, 3.05) is 6.54 Å². The van der Waals surface area contributed by atoms with Crippen LogP contribution in [-0.2, 0) is 11.2 Å². The Kier molecular flexibility index (Phi) is 4.57. The average Bonchev–Trinajstić information content (AvgIpc) is 3.19. The largest absolute Gasteiger partial charge is 0.476 e. The number of hydrogen-bond acceptors (Lipinski definition) is 4. The Morgan fingerprint density at radius 3 is 2.88 bits per heavy atom. The molecule has 5 nitrogen and oxygen atoms in total. The molecule has 1 amide bonds. The predicted molar refractivity (Wildman–Crippen MR) is 83.0 cm³/mol. The summed E-state index contributed by atoms with van der Waals surface area (Å²) in [5, 5.41) is 13.6. The van der Waals surface area contributed by atoms with Gasteiger partial charge in [0, 0.05) is 24.3 Å². The van der Waals surface area contributed by atoms with E-state index in [1.165, 1.54) is 28.8 Å². The van der Waals surface area contributed by atoms with E-state index in [1.807, 2.05) is 0 Å². The van der Waals surface area contributed by atoms with Crippen LogP contribution in [0.25, 0.3) is 0 Å². The van der Waals surface area contributed by atoms with E-state index in [1.54, 1.807) is 0 Å². The zero-order chi connectivity index (χ0) is 17.3. The van der Waals surface area contributed by atoms with Crippen molar-refractivity contribution < 1.29 is 23.5 Å². The zero-order valence-corrected chi connectivity index (χ0v) is 13.3. The van der Waals surface area contributed by atoms with Crippen molar-refractivity contribution in [2.45, 2.75) is 18.8 Å². The third-order valence-corrected chi connectivity index (χ3v) is 4.83. The first kappa shape index (κ1) is 16.5. The lowest BCUT2D eigenvalue weighted by molar-refractivity contribution is -0.122. The number of halogens is 2.